The van der Waals surface area contributed by atoms with Crippen LogP contribution in [-0.2, 0) is 17.4 Å². The minimum atomic E-state index is -4.58. The first-order chi connectivity index (χ1) is 13.4. The molecule has 0 fully saturated rings. The number of aromatic nitrogens is 2. The van der Waals surface area contributed by atoms with Crippen LogP contribution in [0, 0.1) is 0 Å². The summed E-state index contributed by atoms with van der Waals surface area (Å²) >= 11 is 2.18. The first kappa shape index (κ1) is 20.3. The Morgan fingerprint density at radius 3 is 2.57 bits per heavy atom. The second-order valence-corrected chi connectivity index (χ2v) is 7.66. The van der Waals surface area contributed by atoms with Crippen LogP contribution in [0.5, 0.6) is 0 Å². The van der Waals surface area contributed by atoms with Crippen molar-refractivity contribution in [2.24, 2.45) is 0 Å². The molecule has 2 aromatic heterocycles. The number of benzene rings is 1. The van der Waals surface area contributed by atoms with Crippen molar-refractivity contribution in [1.29, 1.82) is 0 Å². The number of nitrogens with zero attached hydrogens (tertiary/aromatic N) is 2. The summed E-state index contributed by atoms with van der Waals surface area (Å²) in [5.74, 6) is -0.334. The Kier molecular flexibility index (Phi) is 6.69. The van der Waals surface area contributed by atoms with Gasteiger partial charge < -0.3 is 5.32 Å². The standard InChI is InChI=1S/C19H16F3N3OS2/c20-19(21,22)16-11-14(15-7-4-10-27-15)24-18(25-16)28-12-17(26)23-9-8-13-5-2-1-3-6-13/h1-7,10-11H,8-9,12H2,(H,23,26). The molecule has 1 amide bonds. The first-order valence-corrected chi connectivity index (χ1v) is 10.2. The molecule has 3 aromatic rings. The number of nitrogens with one attached hydrogen (secondary N) is 1. The van der Waals surface area contributed by atoms with Gasteiger partial charge in [-0.3, -0.25) is 4.79 Å². The van der Waals surface area contributed by atoms with E-state index in [4.69, 9.17) is 0 Å². The maximum absolute atomic E-state index is 13.1. The van der Waals surface area contributed by atoms with Crippen LogP contribution in [-0.4, -0.2) is 28.2 Å². The number of carbonyl (C=O) groups excluding carboxylic acids is 1. The van der Waals surface area contributed by atoms with Crippen LogP contribution in [0.4, 0.5) is 13.2 Å². The molecule has 0 radical (unpaired) electrons. The monoisotopic (exact) mass is 423 g/mol. The molecule has 28 heavy (non-hydrogen) atoms. The highest BCUT2D eigenvalue weighted by Crippen LogP contribution is 2.33. The Labute approximate surface area is 168 Å². The summed E-state index contributed by atoms with van der Waals surface area (Å²) in [4.78, 5) is 20.3. The molecule has 0 bridgehead atoms. The van der Waals surface area contributed by atoms with Gasteiger partial charge >= 0.3 is 6.18 Å². The normalized spacial score (nSPS) is 11.4. The van der Waals surface area contributed by atoms with Gasteiger partial charge in [0.15, 0.2) is 5.16 Å². The van der Waals surface area contributed by atoms with Gasteiger partial charge in [-0.25, -0.2) is 9.97 Å². The first-order valence-electron chi connectivity index (χ1n) is 8.35. The molecule has 1 N–H and O–H groups in total. The van der Waals surface area contributed by atoms with Gasteiger partial charge in [0.1, 0.15) is 5.69 Å². The van der Waals surface area contributed by atoms with Crippen molar-refractivity contribution >= 4 is 29.0 Å². The third kappa shape index (κ3) is 5.80. The minimum absolute atomic E-state index is 0.0556. The number of amides is 1. The van der Waals surface area contributed by atoms with Crippen molar-refractivity contribution in [1.82, 2.24) is 15.3 Å². The number of thiophene rings is 1. The van der Waals surface area contributed by atoms with Gasteiger partial charge in [0, 0.05) is 6.54 Å². The van der Waals surface area contributed by atoms with E-state index in [2.05, 4.69) is 15.3 Å². The van der Waals surface area contributed by atoms with Crippen molar-refractivity contribution in [2.45, 2.75) is 17.8 Å². The molecule has 0 atom stereocenters. The number of thioether (sulfide) groups is 1. The molecule has 1 aromatic carbocycles. The lowest BCUT2D eigenvalue weighted by atomic mass is 10.1. The third-order valence-electron chi connectivity index (χ3n) is 3.68. The van der Waals surface area contributed by atoms with Gasteiger partial charge in [0.05, 0.1) is 16.3 Å². The van der Waals surface area contributed by atoms with Crippen molar-refractivity contribution in [3.8, 4) is 10.6 Å². The molecule has 0 spiro atoms. The molecule has 0 saturated carbocycles. The third-order valence-corrected chi connectivity index (χ3v) is 5.42. The maximum Gasteiger partial charge on any atom is 0.433 e. The quantitative estimate of drug-likeness (QED) is 0.443. The number of rotatable bonds is 7. The van der Waals surface area contributed by atoms with Crippen LogP contribution < -0.4 is 5.32 Å². The smallest absolute Gasteiger partial charge is 0.355 e. The summed E-state index contributed by atoms with van der Waals surface area (Å²) in [6, 6.07) is 14.0. The van der Waals surface area contributed by atoms with Crippen LogP contribution in [0.15, 0.2) is 59.1 Å². The number of alkyl halides is 3. The van der Waals surface area contributed by atoms with Crippen molar-refractivity contribution in [2.75, 3.05) is 12.3 Å². The average Bonchev–Trinajstić information content (AvgIpc) is 3.21. The molecular weight excluding hydrogens is 407 g/mol. The lowest BCUT2D eigenvalue weighted by Crippen LogP contribution is -2.27. The lowest BCUT2D eigenvalue weighted by Gasteiger charge is -2.10. The topological polar surface area (TPSA) is 54.9 Å². The molecule has 0 aliphatic rings. The predicted molar refractivity (Wildman–Crippen MR) is 104 cm³/mol. The van der Waals surface area contributed by atoms with Crippen LogP contribution >= 0.6 is 23.1 Å². The molecule has 0 saturated heterocycles. The highest BCUT2D eigenvalue weighted by Gasteiger charge is 2.34. The lowest BCUT2D eigenvalue weighted by molar-refractivity contribution is -0.141. The summed E-state index contributed by atoms with van der Waals surface area (Å²) in [6.45, 7) is 0.452. The molecule has 0 aliphatic heterocycles. The van der Waals surface area contributed by atoms with Gasteiger partial charge in [0.2, 0.25) is 5.91 Å². The Balaban J connectivity index is 1.61. The SMILES string of the molecule is O=C(CSc1nc(-c2cccs2)cc(C(F)(F)F)n1)NCCc1ccccc1. The van der Waals surface area contributed by atoms with Crippen molar-refractivity contribution in [3.05, 3.63) is 65.2 Å². The summed E-state index contributed by atoms with van der Waals surface area (Å²) < 4.78 is 39.4. The largest absolute Gasteiger partial charge is 0.433 e. The molecule has 2 heterocycles. The van der Waals surface area contributed by atoms with Gasteiger partial charge in [-0.05, 0) is 29.5 Å². The van der Waals surface area contributed by atoms with E-state index in [1.165, 1.54) is 11.3 Å². The van der Waals surface area contributed by atoms with E-state index in [1.54, 1.807) is 17.5 Å². The van der Waals surface area contributed by atoms with Crippen LogP contribution in [0.25, 0.3) is 10.6 Å². The van der Waals surface area contributed by atoms with Gasteiger partial charge in [-0.15, -0.1) is 11.3 Å². The van der Waals surface area contributed by atoms with E-state index in [9.17, 15) is 18.0 Å². The molecule has 9 heteroatoms. The zero-order valence-corrected chi connectivity index (χ0v) is 16.2. The van der Waals surface area contributed by atoms with E-state index >= 15 is 0 Å². The van der Waals surface area contributed by atoms with E-state index in [-0.39, 0.29) is 22.5 Å². The molecule has 0 aliphatic carbocycles. The van der Waals surface area contributed by atoms with E-state index < -0.39 is 11.9 Å². The van der Waals surface area contributed by atoms with Gasteiger partial charge in [0.25, 0.3) is 0 Å². The Morgan fingerprint density at radius 1 is 1.11 bits per heavy atom. The molecule has 0 unspecified atom stereocenters. The summed E-state index contributed by atoms with van der Waals surface area (Å²) in [6.07, 6.45) is -3.90. The van der Waals surface area contributed by atoms with Gasteiger partial charge in [-0.1, -0.05) is 48.2 Å². The van der Waals surface area contributed by atoms with Crippen LogP contribution in [0.2, 0.25) is 0 Å². The fourth-order valence-electron chi connectivity index (χ4n) is 2.36. The molecule has 4 nitrogen and oxygen atoms in total. The summed E-state index contributed by atoms with van der Waals surface area (Å²) in [5, 5.41) is 4.44. The molecule has 146 valence electrons. The van der Waals surface area contributed by atoms with Gasteiger partial charge in [-0.2, -0.15) is 13.2 Å². The van der Waals surface area contributed by atoms with E-state index in [0.29, 0.717) is 17.8 Å². The zero-order valence-electron chi connectivity index (χ0n) is 14.6. The van der Waals surface area contributed by atoms with Crippen molar-refractivity contribution in [3.63, 3.8) is 0 Å². The highest BCUT2D eigenvalue weighted by molar-refractivity contribution is 7.99. The highest BCUT2D eigenvalue weighted by atomic mass is 32.2. The Bertz CT molecular complexity index is 916. The predicted octanol–water partition coefficient (Wildman–Crippen LogP) is 4.67. The van der Waals surface area contributed by atoms with E-state index in [0.717, 1.165) is 23.4 Å². The number of carbonyl (C=O) groups is 1. The number of hydrogen-bond donors (Lipinski definition) is 1. The zero-order chi connectivity index (χ0) is 20.0. The number of halogens is 3. The average molecular weight is 423 g/mol. The fraction of sp³-hybridized carbons (Fsp3) is 0.211. The fourth-order valence-corrected chi connectivity index (χ4v) is 3.73. The molecule has 3 rings (SSSR count). The minimum Gasteiger partial charge on any atom is -0.355 e. The van der Waals surface area contributed by atoms with Crippen LogP contribution in [0.1, 0.15) is 11.3 Å². The Morgan fingerprint density at radius 2 is 1.89 bits per heavy atom. The Hall–Kier alpha value is -2.39. The number of hydrogen-bond acceptors (Lipinski definition) is 5. The van der Waals surface area contributed by atoms with E-state index in [1.807, 2.05) is 30.3 Å². The summed E-state index contributed by atoms with van der Waals surface area (Å²) in [5.41, 5.74) is 0.277. The maximum atomic E-state index is 13.1. The second kappa shape index (κ2) is 9.20. The van der Waals surface area contributed by atoms with Crippen LogP contribution in [0.3, 0.4) is 0 Å². The van der Waals surface area contributed by atoms with Crippen molar-refractivity contribution < 1.29 is 18.0 Å². The second-order valence-electron chi connectivity index (χ2n) is 5.77. The summed E-state index contributed by atoms with van der Waals surface area (Å²) in [7, 11) is 0. The molecular formula is C19H16F3N3OS2.